The van der Waals surface area contributed by atoms with E-state index in [-0.39, 0.29) is 0 Å². The molecule has 0 aliphatic carbocycles. The van der Waals surface area contributed by atoms with Gasteiger partial charge in [-0.05, 0) is 12.1 Å². The van der Waals surface area contributed by atoms with Gasteiger partial charge < -0.3 is 10.8 Å². The van der Waals surface area contributed by atoms with Gasteiger partial charge in [-0.1, -0.05) is 0 Å². The van der Waals surface area contributed by atoms with Gasteiger partial charge >= 0.3 is 5.97 Å². The molecule has 1 atom stereocenters. The molecule has 14 heavy (non-hydrogen) atoms. The fraction of sp³-hybridized carbons (Fsp3) is 0.250. The number of thioether (sulfide) groups is 1. The molecule has 0 aromatic carbocycles. The molecule has 0 spiro atoms. The fourth-order valence-electron chi connectivity index (χ4n) is 0.734. The number of hydrogen-bond acceptors (Lipinski definition) is 5. The molecule has 0 unspecified atom stereocenters. The van der Waals surface area contributed by atoms with Gasteiger partial charge in [0.2, 0.25) is 0 Å². The first-order valence-electron chi connectivity index (χ1n) is 3.86. The number of hydrogen-bond donors (Lipinski definition) is 3. The van der Waals surface area contributed by atoms with Crippen LogP contribution in [0.1, 0.15) is 0 Å². The summed E-state index contributed by atoms with van der Waals surface area (Å²) >= 11 is 5.47. The molecule has 0 radical (unpaired) electrons. The summed E-state index contributed by atoms with van der Waals surface area (Å²) in [6.07, 6.45) is 1.63. The van der Waals surface area contributed by atoms with E-state index in [0.717, 1.165) is 4.90 Å². The normalized spacial score (nSPS) is 12.4. The predicted molar refractivity (Wildman–Crippen MR) is 57.8 cm³/mol. The SMILES string of the molecule is N[C@@H](CSc1ncccc1S)C(=O)O. The summed E-state index contributed by atoms with van der Waals surface area (Å²) in [6.45, 7) is 0. The zero-order valence-corrected chi connectivity index (χ0v) is 8.96. The summed E-state index contributed by atoms with van der Waals surface area (Å²) in [7, 11) is 0. The number of pyridine rings is 1. The van der Waals surface area contributed by atoms with Crippen LogP contribution in [0.15, 0.2) is 28.3 Å². The highest BCUT2D eigenvalue weighted by atomic mass is 32.2. The first-order chi connectivity index (χ1) is 6.61. The van der Waals surface area contributed by atoms with Crippen LogP contribution in [0.5, 0.6) is 0 Å². The van der Waals surface area contributed by atoms with Crippen LogP contribution in [-0.2, 0) is 4.79 Å². The highest BCUT2D eigenvalue weighted by Crippen LogP contribution is 2.22. The van der Waals surface area contributed by atoms with Gasteiger partial charge in [-0.25, -0.2) is 4.98 Å². The third-order valence-electron chi connectivity index (χ3n) is 1.47. The standard InChI is InChI=1S/C8H10N2O2S2/c9-5(8(11)12)4-14-7-6(13)2-1-3-10-7/h1-3,5,13H,4,9H2,(H,11,12)/t5-/m0/s1. The molecule has 1 aromatic heterocycles. The number of carboxylic acid groups (broad SMARTS) is 1. The maximum absolute atomic E-state index is 10.4. The van der Waals surface area contributed by atoms with Gasteiger partial charge in [-0.15, -0.1) is 24.4 Å². The van der Waals surface area contributed by atoms with E-state index in [0.29, 0.717) is 10.8 Å². The van der Waals surface area contributed by atoms with Gasteiger partial charge in [0.1, 0.15) is 11.1 Å². The van der Waals surface area contributed by atoms with Crippen LogP contribution < -0.4 is 5.73 Å². The molecule has 1 aromatic rings. The quantitative estimate of drug-likeness (QED) is 0.528. The van der Waals surface area contributed by atoms with E-state index < -0.39 is 12.0 Å². The molecule has 0 saturated heterocycles. The predicted octanol–water partition coefficient (Wildman–Crippen LogP) is 0.874. The van der Waals surface area contributed by atoms with E-state index in [1.807, 2.05) is 0 Å². The van der Waals surface area contributed by atoms with Crippen molar-refractivity contribution in [3.63, 3.8) is 0 Å². The zero-order chi connectivity index (χ0) is 10.6. The number of nitrogens with two attached hydrogens (primary N) is 1. The van der Waals surface area contributed by atoms with Gasteiger partial charge in [-0.3, -0.25) is 4.79 Å². The summed E-state index contributed by atoms with van der Waals surface area (Å²) in [5, 5.41) is 9.25. The van der Waals surface area contributed by atoms with Crippen LogP contribution >= 0.6 is 24.4 Å². The maximum atomic E-state index is 10.4. The molecule has 0 aliphatic rings. The second-order valence-corrected chi connectivity index (χ2v) is 4.07. The number of thiol groups is 1. The molecule has 1 rings (SSSR count). The average molecular weight is 230 g/mol. The number of aliphatic carboxylic acids is 1. The third kappa shape index (κ3) is 3.21. The lowest BCUT2D eigenvalue weighted by molar-refractivity contribution is -0.137. The smallest absolute Gasteiger partial charge is 0.321 e. The number of carbonyl (C=O) groups is 1. The molecule has 6 heteroatoms. The first kappa shape index (κ1) is 11.4. The molecule has 1 heterocycles. The van der Waals surface area contributed by atoms with Gasteiger partial charge in [0, 0.05) is 16.8 Å². The molecule has 76 valence electrons. The van der Waals surface area contributed by atoms with Crippen LogP contribution in [0, 0.1) is 0 Å². The van der Waals surface area contributed by atoms with Crippen molar-refractivity contribution in [3.8, 4) is 0 Å². The Hall–Kier alpha value is -0.720. The van der Waals surface area contributed by atoms with Crippen LogP contribution in [0.4, 0.5) is 0 Å². The van der Waals surface area contributed by atoms with Crippen molar-refractivity contribution < 1.29 is 9.90 Å². The van der Waals surface area contributed by atoms with Crippen LogP contribution in [0.2, 0.25) is 0 Å². The molecule has 4 nitrogen and oxygen atoms in total. The lowest BCUT2D eigenvalue weighted by Gasteiger charge is -2.06. The molecule has 0 aliphatic heterocycles. The Morgan fingerprint density at radius 2 is 2.50 bits per heavy atom. The van der Waals surface area contributed by atoms with Crippen LogP contribution in [-0.4, -0.2) is 27.9 Å². The van der Waals surface area contributed by atoms with Gasteiger partial charge in [0.15, 0.2) is 0 Å². The Morgan fingerprint density at radius 3 is 3.07 bits per heavy atom. The van der Waals surface area contributed by atoms with E-state index in [1.54, 1.807) is 18.3 Å². The van der Waals surface area contributed by atoms with Crippen molar-refractivity contribution in [1.82, 2.24) is 4.98 Å². The number of rotatable bonds is 4. The molecular weight excluding hydrogens is 220 g/mol. The van der Waals surface area contributed by atoms with Crippen LogP contribution in [0.3, 0.4) is 0 Å². The van der Waals surface area contributed by atoms with Crippen LogP contribution in [0.25, 0.3) is 0 Å². The van der Waals surface area contributed by atoms with E-state index in [2.05, 4.69) is 17.6 Å². The largest absolute Gasteiger partial charge is 0.480 e. The van der Waals surface area contributed by atoms with Crippen molar-refractivity contribution in [2.45, 2.75) is 16.0 Å². The number of carboxylic acids is 1. The molecule has 0 amide bonds. The molecule has 0 saturated carbocycles. The average Bonchev–Trinajstić information content (AvgIpc) is 2.16. The topological polar surface area (TPSA) is 76.2 Å². The minimum absolute atomic E-state index is 0.292. The zero-order valence-electron chi connectivity index (χ0n) is 7.25. The fourth-order valence-corrected chi connectivity index (χ4v) is 1.90. The van der Waals surface area contributed by atoms with Crippen molar-refractivity contribution in [2.24, 2.45) is 5.73 Å². The van der Waals surface area contributed by atoms with Crippen molar-refractivity contribution in [2.75, 3.05) is 5.75 Å². The molecule has 0 fully saturated rings. The summed E-state index contributed by atoms with van der Waals surface area (Å²) in [5.74, 6) is -0.714. The lowest BCUT2D eigenvalue weighted by Crippen LogP contribution is -2.32. The van der Waals surface area contributed by atoms with Crippen molar-refractivity contribution in [3.05, 3.63) is 18.3 Å². The summed E-state index contributed by atoms with van der Waals surface area (Å²) in [6, 6.07) is 2.70. The van der Waals surface area contributed by atoms with E-state index >= 15 is 0 Å². The highest BCUT2D eigenvalue weighted by molar-refractivity contribution is 7.99. The first-order valence-corrected chi connectivity index (χ1v) is 5.29. The van der Waals surface area contributed by atoms with Crippen molar-refractivity contribution in [1.29, 1.82) is 0 Å². The number of nitrogens with zero attached hydrogens (tertiary/aromatic N) is 1. The molecule has 0 bridgehead atoms. The Labute approximate surface area is 91.3 Å². The van der Waals surface area contributed by atoms with E-state index in [1.165, 1.54) is 11.8 Å². The summed E-state index contributed by atoms with van der Waals surface area (Å²) < 4.78 is 0. The molecular formula is C8H10N2O2S2. The Balaban J connectivity index is 2.54. The second-order valence-electron chi connectivity index (χ2n) is 2.58. The van der Waals surface area contributed by atoms with E-state index in [9.17, 15) is 4.79 Å². The minimum Gasteiger partial charge on any atom is -0.480 e. The lowest BCUT2D eigenvalue weighted by atomic mass is 10.4. The third-order valence-corrected chi connectivity index (χ3v) is 3.10. The van der Waals surface area contributed by atoms with E-state index in [4.69, 9.17) is 10.8 Å². The van der Waals surface area contributed by atoms with Crippen molar-refractivity contribution >= 4 is 30.4 Å². The monoisotopic (exact) mass is 230 g/mol. The highest BCUT2D eigenvalue weighted by Gasteiger charge is 2.12. The Bertz CT molecular complexity index is 333. The Kier molecular flexibility index (Phi) is 4.24. The van der Waals surface area contributed by atoms with Gasteiger partial charge in [-0.2, -0.15) is 0 Å². The molecule has 3 N–H and O–H groups in total. The minimum atomic E-state index is -1.01. The van der Waals surface area contributed by atoms with Gasteiger partial charge in [0.25, 0.3) is 0 Å². The maximum Gasteiger partial charge on any atom is 0.321 e. The summed E-state index contributed by atoms with van der Waals surface area (Å²) in [4.78, 5) is 15.2. The number of aromatic nitrogens is 1. The van der Waals surface area contributed by atoms with Gasteiger partial charge in [0.05, 0.1) is 0 Å². The summed E-state index contributed by atoms with van der Waals surface area (Å²) in [5.41, 5.74) is 5.34. The Morgan fingerprint density at radius 1 is 1.79 bits per heavy atom. The second kappa shape index (κ2) is 5.23.